The molecule has 0 spiro atoms. The largest absolute Gasteiger partial charge is 0.493 e. The molecule has 24 heavy (non-hydrogen) atoms. The van der Waals surface area contributed by atoms with Crippen molar-refractivity contribution in [3.63, 3.8) is 0 Å². The lowest BCUT2D eigenvalue weighted by Crippen LogP contribution is -2.31. The molecule has 1 fully saturated rings. The quantitative estimate of drug-likeness (QED) is 0.541. The molecule has 0 bridgehead atoms. The molecule has 0 aromatic heterocycles. The van der Waals surface area contributed by atoms with Crippen molar-refractivity contribution in [1.29, 1.82) is 0 Å². The molecule has 0 N–H and O–H groups in total. The number of carbonyl (C=O) groups excluding carboxylic acids is 1. The lowest BCUT2D eigenvalue weighted by Gasteiger charge is -2.13. The van der Waals surface area contributed by atoms with E-state index in [0.717, 1.165) is 5.56 Å². The molecule has 1 amide bonds. The predicted molar refractivity (Wildman–Crippen MR) is 97.9 cm³/mol. The summed E-state index contributed by atoms with van der Waals surface area (Å²) in [6.07, 6.45) is 1.76. The Bertz CT molecular complexity index is 649. The van der Waals surface area contributed by atoms with Crippen molar-refractivity contribution in [3.05, 3.63) is 22.6 Å². The summed E-state index contributed by atoms with van der Waals surface area (Å²) in [7, 11) is 6.22. The van der Waals surface area contributed by atoms with Gasteiger partial charge in [0.05, 0.1) is 39.4 Å². The van der Waals surface area contributed by atoms with Gasteiger partial charge in [0, 0.05) is 7.11 Å². The fourth-order valence-electron chi connectivity index (χ4n) is 2.21. The van der Waals surface area contributed by atoms with Crippen LogP contribution < -0.4 is 14.2 Å². The summed E-state index contributed by atoms with van der Waals surface area (Å²) >= 11 is 6.53. The van der Waals surface area contributed by atoms with Crippen molar-refractivity contribution < 1.29 is 23.7 Å². The second-order valence-electron chi connectivity index (χ2n) is 4.78. The van der Waals surface area contributed by atoms with Crippen LogP contribution in [0, 0.1) is 0 Å². The topological polar surface area (TPSA) is 57.2 Å². The zero-order chi connectivity index (χ0) is 17.7. The third-order valence-electron chi connectivity index (χ3n) is 3.38. The molecule has 8 heteroatoms. The lowest BCUT2D eigenvalue weighted by molar-refractivity contribution is -0.122. The van der Waals surface area contributed by atoms with E-state index in [1.807, 2.05) is 0 Å². The lowest BCUT2D eigenvalue weighted by atomic mass is 10.1. The second-order valence-corrected chi connectivity index (χ2v) is 6.46. The van der Waals surface area contributed by atoms with Crippen LogP contribution in [0.4, 0.5) is 0 Å². The van der Waals surface area contributed by atoms with Gasteiger partial charge < -0.3 is 18.9 Å². The Labute approximate surface area is 150 Å². The SMILES string of the molecule is COCCN1C(=O)C(=Cc2cc(OC)c(OC)c(OC)c2)SC1=S. The number of benzene rings is 1. The maximum absolute atomic E-state index is 12.5. The van der Waals surface area contributed by atoms with E-state index in [1.54, 1.807) is 46.6 Å². The van der Waals surface area contributed by atoms with Crippen LogP contribution in [0.1, 0.15) is 5.56 Å². The third-order valence-corrected chi connectivity index (χ3v) is 4.76. The molecule has 0 aliphatic carbocycles. The number of carbonyl (C=O) groups is 1. The number of amides is 1. The summed E-state index contributed by atoms with van der Waals surface area (Å²) < 4.78 is 21.5. The summed E-state index contributed by atoms with van der Waals surface area (Å²) in [5.74, 6) is 1.43. The zero-order valence-electron chi connectivity index (χ0n) is 14.0. The van der Waals surface area contributed by atoms with Crippen LogP contribution in [0.15, 0.2) is 17.0 Å². The first-order valence-electron chi connectivity index (χ1n) is 7.10. The summed E-state index contributed by atoms with van der Waals surface area (Å²) in [5, 5.41) is 0. The predicted octanol–water partition coefficient (Wildman–Crippen LogP) is 2.56. The Balaban J connectivity index is 2.34. The van der Waals surface area contributed by atoms with Crippen molar-refractivity contribution in [2.45, 2.75) is 0 Å². The third kappa shape index (κ3) is 3.82. The number of thiocarbonyl (C=S) groups is 1. The van der Waals surface area contributed by atoms with Gasteiger partial charge in [-0.1, -0.05) is 24.0 Å². The number of hydrogen-bond acceptors (Lipinski definition) is 7. The minimum atomic E-state index is -0.129. The van der Waals surface area contributed by atoms with Crippen LogP contribution in [-0.4, -0.2) is 56.7 Å². The highest BCUT2D eigenvalue weighted by Crippen LogP contribution is 2.40. The van der Waals surface area contributed by atoms with Crippen LogP contribution in [-0.2, 0) is 9.53 Å². The summed E-state index contributed by atoms with van der Waals surface area (Å²) in [6.45, 7) is 0.873. The molecule has 2 rings (SSSR count). The maximum Gasteiger partial charge on any atom is 0.266 e. The van der Waals surface area contributed by atoms with Crippen LogP contribution in [0.25, 0.3) is 6.08 Å². The van der Waals surface area contributed by atoms with Crippen LogP contribution in [0.2, 0.25) is 0 Å². The van der Waals surface area contributed by atoms with Gasteiger partial charge in [0.15, 0.2) is 11.5 Å². The molecule has 130 valence electrons. The maximum atomic E-state index is 12.5. The molecular formula is C16H19NO5S2. The Morgan fingerprint density at radius 2 is 1.75 bits per heavy atom. The molecular weight excluding hydrogens is 350 g/mol. The molecule has 0 unspecified atom stereocenters. The highest BCUT2D eigenvalue weighted by molar-refractivity contribution is 8.26. The van der Waals surface area contributed by atoms with Crippen LogP contribution in [0.5, 0.6) is 17.2 Å². The average Bonchev–Trinajstić information content (AvgIpc) is 2.85. The molecule has 6 nitrogen and oxygen atoms in total. The molecule has 1 aliphatic heterocycles. The zero-order valence-corrected chi connectivity index (χ0v) is 15.6. The van der Waals surface area contributed by atoms with Gasteiger partial charge in [-0.15, -0.1) is 0 Å². The molecule has 1 aromatic carbocycles. The van der Waals surface area contributed by atoms with Gasteiger partial charge in [0.2, 0.25) is 5.75 Å². The van der Waals surface area contributed by atoms with E-state index in [4.69, 9.17) is 31.2 Å². The molecule has 0 saturated carbocycles. The average molecular weight is 369 g/mol. The fraction of sp³-hybridized carbons (Fsp3) is 0.375. The van der Waals surface area contributed by atoms with Gasteiger partial charge in [-0.25, -0.2) is 0 Å². The minimum absolute atomic E-state index is 0.129. The molecule has 0 radical (unpaired) electrons. The Morgan fingerprint density at radius 1 is 1.12 bits per heavy atom. The van der Waals surface area contributed by atoms with Gasteiger partial charge in [-0.3, -0.25) is 9.69 Å². The van der Waals surface area contributed by atoms with Crippen molar-refractivity contribution in [1.82, 2.24) is 4.90 Å². The van der Waals surface area contributed by atoms with Gasteiger partial charge in [-0.05, 0) is 23.8 Å². The number of hydrogen-bond donors (Lipinski definition) is 0. The van der Waals surface area contributed by atoms with Gasteiger partial charge >= 0.3 is 0 Å². The van der Waals surface area contributed by atoms with E-state index >= 15 is 0 Å². The Morgan fingerprint density at radius 3 is 2.25 bits per heavy atom. The number of nitrogens with zero attached hydrogens (tertiary/aromatic N) is 1. The van der Waals surface area contributed by atoms with E-state index in [0.29, 0.717) is 39.6 Å². The monoisotopic (exact) mass is 369 g/mol. The minimum Gasteiger partial charge on any atom is -0.493 e. The fourth-order valence-corrected chi connectivity index (χ4v) is 3.52. The highest BCUT2D eigenvalue weighted by Gasteiger charge is 2.31. The summed E-state index contributed by atoms with van der Waals surface area (Å²) in [5.41, 5.74) is 0.761. The number of thioether (sulfide) groups is 1. The normalized spacial score (nSPS) is 16.0. The molecule has 1 aromatic rings. The smallest absolute Gasteiger partial charge is 0.266 e. The van der Waals surface area contributed by atoms with Crippen LogP contribution in [0.3, 0.4) is 0 Å². The van der Waals surface area contributed by atoms with E-state index in [-0.39, 0.29) is 5.91 Å². The van der Waals surface area contributed by atoms with Crippen molar-refractivity contribution in [2.24, 2.45) is 0 Å². The van der Waals surface area contributed by atoms with Gasteiger partial charge in [-0.2, -0.15) is 0 Å². The van der Waals surface area contributed by atoms with E-state index in [2.05, 4.69) is 0 Å². The first-order chi connectivity index (χ1) is 11.5. The molecule has 1 heterocycles. The standard InChI is InChI=1S/C16H19NO5S2/c1-19-6-5-17-15(18)13(24-16(17)23)9-10-7-11(20-2)14(22-4)12(8-10)21-3/h7-9H,5-6H2,1-4H3. The van der Waals surface area contributed by atoms with Crippen molar-refractivity contribution >= 4 is 40.3 Å². The Hall–Kier alpha value is -1.77. The van der Waals surface area contributed by atoms with Crippen molar-refractivity contribution in [3.8, 4) is 17.2 Å². The van der Waals surface area contributed by atoms with Gasteiger partial charge in [0.25, 0.3) is 5.91 Å². The second kappa shape index (κ2) is 8.36. The number of methoxy groups -OCH3 is 4. The molecule has 1 aliphatic rings. The number of ether oxygens (including phenoxy) is 4. The first-order valence-corrected chi connectivity index (χ1v) is 8.32. The first kappa shape index (κ1) is 18.6. The molecule has 1 saturated heterocycles. The number of rotatable bonds is 7. The summed E-state index contributed by atoms with van der Waals surface area (Å²) in [4.78, 5) is 14.5. The molecule has 0 atom stereocenters. The highest BCUT2D eigenvalue weighted by atomic mass is 32.2. The van der Waals surface area contributed by atoms with Crippen LogP contribution >= 0.6 is 24.0 Å². The van der Waals surface area contributed by atoms with Gasteiger partial charge in [0.1, 0.15) is 4.32 Å². The van der Waals surface area contributed by atoms with E-state index in [1.165, 1.54) is 16.7 Å². The Kier molecular flexibility index (Phi) is 6.47. The van der Waals surface area contributed by atoms with E-state index < -0.39 is 0 Å². The van der Waals surface area contributed by atoms with E-state index in [9.17, 15) is 4.79 Å². The van der Waals surface area contributed by atoms with Crippen molar-refractivity contribution in [2.75, 3.05) is 41.6 Å². The summed E-state index contributed by atoms with van der Waals surface area (Å²) in [6, 6.07) is 3.56.